The van der Waals surface area contributed by atoms with E-state index in [-0.39, 0.29) is 5.91 Å². The smallest absolute Gasteiger partial charge is 0.337 e. The van der Waals surface area contributed by atoms with Crippen LogP contribution in [0.15, 0.2) is 48.7 Å². The second-order valence-corrected chi connectivity index (χ2v) is 4.67. The summed E-state index contributed by atoms with van der Waals surface area (Å²) >= 11 is 0. The van der Waals surface area contributed by atoms with Gasteiger partial charge in [-0.05, 0) is 24.3 Å². The van der Waals surface area contributed by atoms with Crippen LogP contribution in [-0.4, -0.2) is 29.2 Å². The average Bonchev–Trinajstić information content (AvgIpc) is 3.02. The third-order valence-electron chi connectivity index (χ3n) is 3.26. The van der Waals surface area contributed by atoms with Gasteiger partial charge >= 0.3 is 5.97 Å². The van der Waals surface area contributed by atoms with E-state index in [4.69, 9.17) is 0 Å². The number of H-pyrrole nitrogens is 1. The lowest BCUT2D eigenvalue weighted by Crippen LogP contribution is -2.13. The van der Waals surface area contributed by atoms with E-state index in [0.29, 0.717) is 22.3 Å². The standard InChI is InChI=1S/C16H13N3O3/c1-22-16(21)10-4-2-6-12(8-10)18-15(20)13-7-3-5-11-9-17-19-14(11)13/h2-9H,1H3,(H,17,19)(H,18,20). The van der Waals surface area contributed by atoms with Crippen molar-refractivity contribution in [2.75, 3.05) is 12.4 Å². The maximum Gasteiger partial charge on any atom is 0.337 e. The number of anilines is 1. The van der Waals surface area contributed by atoms with E-state index < -0.39 is 5.97 Å². The molecule has 3 rings (SSSR count). The molecular weight excluding hydrogens is 282 g/mol. The molecule has 3 aromatic rings. The molecule has 0 radical (unpaired) electrons. The van der Waals surface area contributed by atoms with Gasteiger partial charge < -0.3 is 10.1 Å². The van der Waals surface area contributed by atoms with Crippen LogP contribution in [-0.2, 0) is 4.74 Å². The summed E-state index contributed by atoms with van der Waals surface area (Å²) in [5.41, 5.74) is 2.05. The molecule has 0 atom stereocenters. The summed E-state index contributed by atoms with van der Waals surface area (Å²) in [6.45, 7) is 0. The van der Waals surface area contributed by atoms with Crippen molar-refractivity contribution >= 4 is 28.5 Å². The maximum absolute atomic E-state index is 12.4. The first-order chi connectivity index (χ1) is 10.7. The van der Waals surface area contributed by atoms with E-state index in [1.165, 1.54) is 7.11 Å². The Morgan fingerprint density at radius 3 is 2.82 bits per heavy atom. The lowest BCUT2D eigenvalue weighted by molar-refractivity contribution is 0.0600. The van der Waals surface area contributed by atoms with Gasteiger partial charge in [-0.3, -0.25) is 9.89 Å². The van der Waals surface area contributed by atoms with Crippen molar-refractivity contribution in [3.05, 3.63) is 59.8 Å². The fraction of sp³-hybridized carbons (Fsp3) is 0.0625. The van der Waals surface area contributed by atoms with Gasteiger partial charge in [-0.1, -0.05) is 18.2 Å². The lowest BCUT2D eigenvalue weighted by atomic mass is 10.1. The van der Waals surface area contributed by atoms with Crippen molar-refractivity contribution < 1.29 is 14.3 Å². The van der Waals surface area contributed by atoms with Crippen LogP contribution in [0.2, 0.25) is 0 Å². The van der Waals surface area contributed by atoms with E-state index in [0.717, 1.165) is 5.39 Å². The molecule has 1 aromatic heterocycles. The number of fused-ring (bicyclic) bond motifs is 1. The molecule has 2 N–H and O–H groups in total. The number of ether oxygens (including phenoxy) is 1. The van der Waals surface area contributed by atoms with Gasteiger partial charge in [0.25, 0.3) is 5.91 Å². The molecule has 1 heterocycles. The Morgan fingerprint density at radius 2 is 2.00 bits per heavy atom. The molecular formula is C16H13N3O3. The maximum atomic E-state index is 12.4. The highest BCUT2D eigenvalue weighted by Gasteiger charge is 2.12. The Hall–Kier alpha value is -3.15. The molecule has 0 aliphatic rings. The summed E-state index contributed by atoms with van der Waals surface area (Å²) < 4.78 is 4.66. The number of aromatic amines is 1. The van der Waals surface area contributed by atoms with Gasteiger partial charge in [0.15, 0.2) is 0 Å². The minimum absolute atomic E-state index is 0.281. The van der Waals surface area contributed by atoms with Crippen molar-refractivity contribution in [3.63, 3.8) is 0 Å². The summed E-state index contributed by atoms with van der Waals surface area (Å²) in [5.74, 6) is -0.733. The Kier molecular flexibility index (Phi) is 3.57. The number of benzene rings is 2. The molecule has 0 saturated carbocycles. The first-order valence-corrected chi connectivity index (χ1v) is 6.61. The zero-order valence-corrected chi connectivity index (χ0v) is 11.8. The first kappa shape index (κ1) is 13.8. The third kappa shape index (κ3) is 2.54. The van der Waals surface area contributed by atoms with Crippen molar-refractivity contribution in [3.8, 4) is 0 Å². The summed E-state index contributed by atoms with van der Waals surface area (Å²) in [7, 11) is 1.31. The molecule has 0 spiro atoms. The second-order valence-electron chi connectivity index (χ2n) is 4.67. The van der Waals surface area contributed by atoms with Crippen LogP contribution in [0.4, 0.5) is 5.69 Å². The van der Waals surface area contributed by atoms with Gasteiger partial charge in [-0.25, -0.2) is 4.79 Å². The number of aromatic nitrogens is 2. The zero-order valence-electron chi connectivity index (χ0n) is 11.8. The Morgan fingerprint density at radius 1 is 1.18 bits per heavy atom. The molecule has 0 fully saturated rings. The predicted octanol–water partition coefficient (Wildman–Crippen LogP) is 2.60. The number of esters is 1. The minimum Gasteiger partial charge on any atom is -0.465 e. The number of para-hydroxylation sites is 1. The van der Waals surface area contributed by atoms with Crippen LogP contribution in [0.1, 0.15) is 20.7 Å². The van der Waals surface area contributed by atoms with Crippen molar-refractivity contribution in [1.82, 2.24) is 10.2 Å². The Bertz CT molecular complexity index is 854. The summed E-state index contributed by atoms with van der Waals surface area (Å²) in [6.07, 6.45) is 1.66. The van der Waals surface area contributed by atoms with Crippen molar-refractivity contribution in [1.29, 1.82) is 0 Å². The van der Waals surface area contributed by atoms with Crippen LogP contribution in [0.25, 0.3) is 10.9 Å². The molecule has 6 nitrogen and oxygen atoms in total. The van der Waals surface area contributed by atoms with Crippen LogP contribution < -0.4 is 5.32 Å². The highest BCUT2D eigenvalue weighted by molar-refractivity contribution is 6.12. The van der Waals surface area contributed by atoms with E-state index in [9.17, 15) is 9.59 Å². The van der Waals surface area contributed by atoms with Gasteiger partial charge in [-0.15, -0.1) is 0 Å². The fourth-order valence-electron chi connectivity index (χ4n) is 2.20. The van der Waals surface area contributed by atoms with Gasteiger partial charge in [-0.2, -0.15) is 5.10 Å². The van der Waals surface area contributed by atoms with Crippen LogP contribution >= 0.6 is 0 Å². The summed E-state index contributed by atoms with van der Waals surface area (Å²) in [5, 5.41) is 10.4. The SMILES string of the molecule is COC(=O)c1cccc(NC(=O)c2cccc3cn[nH]c23)c1. The molecule has 2 aromatic carbocycles. The predicted molar refractivity (Wildman–Crippen MR) is 81.8 cm³/mol. The number of hydrogen-bond donors (Lipinski definition) is 2. The Labute approximate surface area is 126 Å². The molecule has 0 saturated heterocycles. The lowest BCUT2D eigenvalue weighted by Gasteiger charge is -2.07. The summed E-state index contributed by atoms with van der Waals surface area (Å²) in [4.78, 5) is 23.9. The zero-order chi connectivity index (χ0) is 15.5. The number of nitrogens with one attached hydrogen (secondary N) is 2. The number of carbonyl (C=O) groups excluding carboxylic acids is 2. The van der Waals surface area contributed by atoms with Crippen molar-refractivity contribution in [2.45, 2.75) is 0 Å². The van der Waals surface area contributed by atoms with Gasteiger partial charge in [0.1, 0.15) is 0 Å². The average molecular weight is 295 g/mol. The number of carbonyl (C=O) groups is 2. The Balaban J connectivity index is 1.88. The highest BCUT2D eigenvalue weighted by atomic mass is 16.5. The third-order valence-corrected chi connectivity index (χ3v) is 3.26. The van der Waals surface area contributed by atoms with E-state index in [1.807, 2.05) is 6.07 Å². The van der Waals surface area contributed by atoms with Gasteiger partial charge in [0.2, 0.25) is 0 Å². The van der Waals surface area contributed by atoms with Crippen molar-refractivity contribution in [2.24, 2.45) is 0 Å². The molecule has 6 heteroatoms. The number of methoxy groups -OCH3 is 1. The summed E-state index contributed by atoms with van der Waals surface area (Å²) in [6, 6.07) is 11.9. The normalized spacial score (nSPS) is 10.4. The first-order valence-electron chi connectivity index (χ1n) is 6.61. The number of amides is 1. The topological polar surface area (TPSA) is 84.1 Å². The van der Waals surface area contributed by atoms with Crippen LogP contribution in [0.5, 0.6) is 0 Å². The van der Waals surface area contributed by atoms with Crippen LogP contribution in [0, 0.1) is 0 Å². The van der Waals surface area contributed by atoms with E-state index in [2.05, 4.69) is 20.3 Å². The molecule has 1 amide bonds. The number of nitrogens with zero attached hydrogens (tertiary/aromatic N) is 1. The van der Waals surface area contributed by atoms with E-state index in [1.54, 1.807) is 42.6 Å². The minimum atomic E-state index is -0.452. The molecule has 22 heavy (non-hydrogen) atoms. The molecule has 0 aliphatic carbocycles. The monoisotopic (exact) mass is 295 g/mol. The number of rotatable bonds is 3. The molecule has 0 unspecified atom stereocenters. The highest BCUT2D eigenvalue weighted by Crippen LogP contribution is 2.18. The van der Waals surface area contributed by atoms with E-state index >= 15 is 0 Å². The molecule has 110 valence electrons. The number of hydrogen-bond acceptors (Lipinski definition) is 4. The van der Waals surface area contributed by atoms with Gasteiger partial charge in [0, 0.05) is 11.1 Å². The largest absolute Gasteiger partial charge is 0.465 e. The van der Waals surface area contributed by atoms with Crippen LogP contribution in [0.3, 0.4) is 0 Å². The molecule has 0 bridgehead atoms. The quantitative estimate of drug-likeness (QED) is 0.727. The molecule has 0 aliphatic heterocycles. The second kappa shape index (κ2) is 5.69. The van der Waals surface area contributed by atoms with Gasteiger partial charge in [0.05, 0.1) is 30.0 Å². The fourth-order valence-corrected chi connectivity index (χ4v) is 2.20.